The molecule has 6 nitrogen and oxygen atoms in total. The Labute approximate surface area is 202 Å². The zero-order valence-corrected chi connectivity index (χ0v) is 20.8. The number of fused-ring (bicyclic) bond motifs is 2. The first-order valence-corrected chi connectivity index (χ1v) is 13.0. The van der Waals surface area contributed by atoms with Gasteiger partial charge in [0.2, 0.25) is 0 Å². The molecule has 1 unspecified atom stereocenters. The van der Waals surface area contributed by atoms with Gasteiger partial charge in [-0.3, -0.25) is 10.2 Å². The minimum atomic E-state index is -0.541. The first-order chi connectivity index (χ1) is 16.4. The Hall–Kier alpha value is -2.41. The molecular weight excluding hydrogens is 431 g/mol. The van der Waals surface area contributed by atoms with Crippen LogP contribution >= 0.6 is 0 Å². The molecule has 0 saturated heterocycles. The molecular formula is C27H39FN4O2. The van der Waals surface area contributed by atoms with Crippen molar-refractivity contribution < 1.29 is 14.4 Å². The second-order valence-electron chi connectivity index (χ2n) is 10.3. The van der Waals surface area contributed by atoms with Crippen molar-refractivity contribution in [2.45, 2.75) is 104 Å². The molecule has 1 aromatic carbocycles. The summed E-state index contributed by atoms with van der Waals surface area (Å²) in [5.41, 5.74) is 7.87. The summed E-state index contributed by atoms with van der Waals surface area (Å²) in [6.07, 6.45) is 13.6. The van der Waals surface area contributed by atoms with E-state index in [1.54, 1.807) is 6.21 Å². The Kier molecular flexibility index (Phi) is 7.91. The predicted octanol–water partition coefficient (Wildman–Crippen LogP) is 6.25. The molecule has 2 amide bonds. The number of amides is 2. The summed E-state index contributed by atoms with van der Waals surface area (Å²) in [5, 5.41) is 14.3. The molecule has 1 aromatic rings. The minimum absolute atomic E-state index is 0.0691. The maximum absolute atomic E-state index is 14.9. The Balaban J connectivity index is 1.41. The smallest absolute Gasteiger partial charge is 0.306 e. The van der Waals surface area contributed by atoms with E-state index in [0.29, 0.717) is 18.5 Å². The van der Waals surface area contributed by atoms with Gasteiger partial charge in [0.1, 0.15) is 11.5 Å². The van der Waals surface area contributed by atoms with E-state index in [1.165, 1.54) is 25.7 Å². The van der Waals surface area contributed by atoms with Gasteiger partial charge in [0.05, 0.1) is 0 Å². The number of nitrogens with zero attached hydrogens (tertiary/aromatic N) is 2. The van der Waals surface area contributed by atoms with Crippen LogP contribution in [0.3, 0.4) is 0 Å². The Morgan fingerprint density at radius 1 is 1.15 bits per heavy atom. The van der Waals surface area contributed by atoms with Crippen LogP contribution in [0.5, 0.6) is 0 Å². The van der Waals surface area contributed by atoms with Crippen molar-refractivity contribution in [3.63, 3.8) is 0 Å². The van der Waals surface area contributed by atoms with Crippen LogP contribution in [0.25, 0.3) is 0 Å². The van der Waals surface area contributed by atoms with Gasteiger partial charge in [0.25, 0.3) is 0 Å². The molecule has 0 radical (unpaired) electrons. The maximum Gasteiger partial charge on any atom is 0.339 e. The zero-order chi connectivity index (χ0) is 24.2. The number of urea groups is 1. The molecule has 0 aromatic heterocycles. The van der Waals surface area contributed by atoms with Crippen molar-refractivity contribution in [1.82, 2.24) is 10.6 Å². The molecule has 34 heavy (non-hydrogen) atoms. The number of carbonyl (C=O) groups excluding carboxylic acids is 1. The average Bonchev–Trinajstić information content (AvgIpc) is 3.27. The summed E-state index contributed by atoms with van der Waals surface area (Å²) in [6, 6.07) is -0.333. The number of allylic oxidation sites excluding steroid dienone is 2. The van der Waals surface area contributed by atoms with Crippen LogP contribution in [-0.2, 0) is 25.7 Å². The first kappa shape index (κ1) is 24.7. The SMILES string of the molecule is CCC(CCCC1CC1)N=CC(=C(C)C)N(O)NC(=O)Nc1c2c(c(F)c3c1CCC3)CCC2. The van der Waals surface area contributed by atoms with Gasteiger partial charge in [-0.2, -0.15) is 5.17 Å². The lowest BCUT2D eigenvalue weighted by Crippen LogP contribution is -2.42. The fraction of sp³-hybridized carbons (Fsp3) is 0.630. The minimum Gasteiger partial charge on any atom is -0.306 e. The largest absolute Gasteiger partial charge is 0.339 e. The maximum atomic E-state index is 14.9. The van der Waals surface area contributed by atoms with E-state index in [0.717, 1.165) is 83.1 Å². The fourth-order valence-electron chi connectivity index (χ4n) is 5.34. The van der Waals surface area contributed by atoms with Crippen LogP contribution in [0.15, 0.2) is 16.3 Å². The van der Waals surface area contributed by atoms with E-state index in [9.17, 15) is 14.4 Å². The lowest BCUT2D eigenvalue weighted by Gasteiger charge is -2.22. The number of carbonyl (C=O) groups is 1. The second-order valence-corrected chi connectivity index (χ2v) is 10.3. The van der Waals surface area contributed by atoms with E-state index in [1.807, 2.05) is 13.8 Å². The van der Waals surface area contributed by atoms with Gasteiger partial charge < -0.3 is 5.32 Å². The monoisotopic (exact) mass is 470 g/mol. The number of halogens is 1. The standard InChI is InChI=1S/C27H39FN4O2/c1-4-19(9-5-8-18-14-15-18)29-16-24(17(2)3)32(34)31-27(33)30-26-22-12-6-10-20(22)25(28)21-11-7-13-23(21)26/h16,18-19,34H,4-15H2,1-3H3,(H2,30,31,33). The number of hydrogen-bond acceptors (Lipinski definition) is 4. The third-order valence-electron chi connectivity index (χ3n) is 7.48. The molecule has 1 atom stereocenters. The molecule has 3 aliphatic carbocycles. The van der Waals surface area contributed by atoms with Gasteiger partial charge >= 0.3 is 6.03 Å². The normalized spacial score (nSPS) is 17.4. The van der Waals surface area contributed by atoms with Crippen LogP contribution in [0.4, 0.5) is 14.9 Å². The van der Waals surface area contributed by atoms with E-state index < -0.39 is 6.03 Å². The van der Waals surface area contributed by atoms with Crippen molar-refractivity contribution in [1.29, 1.82) is 0 Å². The van der Waals surface area contributed by atoms with Crippen molar-refractivity contribution in [3.05, 3.63) is 39.3 Å². The second kappa shape index (κ2) is 10.9. The number of benzene rings is 1. The molecule has 186 valence electrons. The highest BCUT2D eigenvalue weighted by Crippen LogP contribution is 2.41. The summed E-state index contributed by atoms with van der Waals surface area (Å²) in [6.45, 7) is 5.87. The highest BCUT2D eigenvalue weighted by Gasteiger charge is 2.30. The fourth-order valence-corrected chi connectivity index (χ4v) is 5.34. The molecule has 0 bridgehead atoms. The van der Waals surface area contributed by atoms with Gasteiger partial charge in [-0.05, 0) is 99.0 Å². The molecule has 0 heterocycles. The van der Waals surface area contributed by atoms with Gasteiger partial charge in [0, 0.05) is 17.9 Å². The van der Waals surface area contributed by atoms with E-state index >= 15 is 0 Å². The average molecular weight is 471 g/mol. The van der Waals surface area contributed by atoms with Crippen molar-refractivity contribution >= 4 is 17.9 Å². The quantitative estimate of drug-likeness (QED) is 0.279. The Morgan fingerprint density at radius 3 is 2.32 bits per heavy atom. The van der Waals surface area contributed by atoms with Gasteiger partial charge in [-0.25, -0.2) is 14.6 Å². The van der Waals surface area contributed by atoms with Crippen LogP contribution in [0.1, 0.15) is 94.4 Å². The third kappa shape index (κ3) is 5.62. The van der Waals surface area contributed by atoms with Crippen LogP contribution in [0.2, 0.25) is 0 Å². The summed E-state index contributed by atoms with van der Waals surface area (Å²) in [5.74, 6) is 0.856. The molecule has 0 aliphatic heterocycles. The Bertz CT molecular complexity index is 944. The molecule has 3 aliphatic rings. The summed E-state index contributed by atoms with van der Waals surface area (Å²) >= 11 is 0. The molecule has 3 N–H and O–H groups in total. The molecule has 1 saturated carbocycles. The number of aliphatic imine (C=N–C) groups is 1. The molecule has 0 spiro atoms. The number of hydrazine groups is 1. The summed E-state index contributed by atoms with van der Waals surface area (Å²) < 4.78 is 14.9. The van der Waals surface area contributed by atoms with Crippen LogP contribution in [0, 0.1) is 11.7 Å². The van der Waals surface area contributed by atoms with Crippen LogP contribution < -0.4 is 10.7 Å². The topological polar surface area (TPSA) is 77.0 Å². The predicted molar refractivity (Wildman–Crippen MR) is 134 cm³/mol. The lowest BCUT2D eigenvalue weighted by atomic mass is 9.98. The number of anilines is 1. The highest BCUT2D eigenvalue weighted by molar-refractivity contribution is 5.92. The number of hydrogen-bond donors (Lipinski definition) is 3. The molecule has 7 heteroatoms. The molecule has 4 rings (SSSR count). The highest BCUT2D eigenvalue weighted by atomic mass is 19.1. The van der Waals surface area contributed by atoms with Crippen molar-refractivity contribution in [2.75, 3.05) is 5.32 Å². The number of nitrogens with one attached hydrogen (secondary N) is 2. The lowest BCUT2D eigenvalue weighted by molar-refractivity contribution is -0.0806. The van der Waals surface area contributed by atoms with Gasteiger partial charge in [0.15, 0.2) is 0 Å². The van der Waals surface area contributed by atoms with Crippen molar-refractivity contribution in [3.8, 4) is 0 Å². The third-order valence-corrected chi connectivity index (χ3v) is 7.48. The summed E-state index contributed by atoms with van der Waals surface area (Å²) in [7, 11) is 0. The van der Waals surface area contributed by atoms with E-state index in [2.05, 4.69) is 17.7 Å². The summed E-state index contributed by atoms with van der Waals surface area (Å²) in [4.78, 5) is 17.6. The van der Waals surface area contributed by atoms with E-state index in [-0.39, 0.29) is 11.9 Å². The number of rotatable bonds is 10. The molecule has 1 fully saturated rings. The number of hydroxylamine groups is 1. The first-order valence-electron chi connectivity index (χ1n) is 13.0. The van der Waals surface area contributed by atoms with Crippen LogP contribution in [-0.4, -0.2) is 28.7 Å². The van der Waals surface area contributed by atoms with Gasteiger partial charge in [-0.1, -0.05) is 32.6 Å². The van der Waals surface area contributed by atoms with E-state index in [4.69, 9.17) is 4.99 Å². The zero-order valence-electron chi connectivity index (χ0n) is 20.8. The van der Waals surface area contributed by atoms with Gasteiger partial charge in [-0.15, -0.1) is 0 Å². The Morgan fingerprint density at radius 2 is 1.76 bits per heavy atom. The van der Waals surface area contributed by atoms with Crippen molar-refractivity contribution in [2.24, 2.45) is 10.9 Å².